The van der Waals surface area contributed by atoms with E-state index in [-0.39, 0.29) is 30.4 Å². The Morgan fingerprint density at radius 3 is 2.04 bits per heavy atom. The molecule has 7 nitrogen and oxygen atoms in total. The van der Waals surface area contributed by atoms with Crippen LogP contribution in [0.2, 0.25) is 0 Å². The molecule has 9 heteroatoms. The molecule has 4 aliphatic heterocycles. The quantitative estimate of drug-likeness (QED) is 0.486. The van der Waals surface area contributed by atoms with E-state index < -0.39 is 24.2 Å². The van der Waals surface area contributed by atoms with Gasteiger partial charge in [0.05, 0.1) is 31.4 Å². The van der Waals surface area contributed by atoms with E-state index in [1.165, 1.54) is 6.92 Å². The van der Waals surface area contributed by atoms with Crippen molar-refractivity contribution in [3.05, 3.63) is 0 Å². The van der Waals surface area contributed by atoms with E-state index in [0.717, 1.165) is 0 Å². The van der Waals surface area contributed by atoms with Crippen molar-refractivity contribution in [2.24, 2.45) is 11.8 Å². The second kappa shape index (κ2) is 7.56. The van der Waals surface area contributed by atoms with Crippen LogP contribution in [0, 0.1) is 11.8 Å². The van der Waals surface area contributed by atoms with Gasteiger partial charge >= 0.3 is 5.97 Å². The molecule has 0 bridgehead atoms. The molecule has 0 saturated carbocycles. The average molecular weight is 350 g/mol. The first kappa shape index (κ1) is 19.2. The minimum atomic E-state index is -0.648. The van der Waals surface area contributed by atoms with Gasteiger partial charge in [0.25, 0.3) is 0 Å². The zero-order chi connectivity index (χ0) is 18.3. The third kappa shape index (κ3) is 3.76. The Labute approximate surface area is 150 Å². The van der Waals surface area contributed by atoms with Crippen LogP contribution in [0.1, 0.15) is 20.8 Å². The predicted octanol–water partition coefficient (Wildman–Crippen LogP) is -0.878. The van der Waals surface area contributed by atoms with Gasteiger partial charge in [0.2, 0.25) is 0 Å². The first-order valence-corrected chi connectivity index (χ1v) is 8.70. The maximum absolute atomic E-state index is 10.8. The summed E-state index contributed by atoms with van der Waals surface area (Å²) in [4.78, 5) is 10.8. The lowest BCUT2D eigenvalue weighted by Gasteiger charge is -2.19. The maximum Gasteiger partial charge on any atom is 0.303 e. The van der Waals surface area contributed by atoms with E-state index >= 15 is 0 Å². The topological polar surface area (TPSA) is 83.5 Å². The van der Waals surface area contributed by atoms with Gasteiger partial charge in [-0.2, -0.15) is 0 Å². The molecule has 1 N–H and O–H groups in total. The van der Waals surface area contributed by atoms with Crippen molar-refractivity contribution in [3.63, 3.8) is 0 Å². The highest BCUT2D eigenvalue weighted by atomic mass is 16.6. The molecule has 10 atom stereocenters. The fraction of sp³-hybridized carbons (Fsp3) is 0.938. The molecule has 0 aromatic carbocycles. The highest BCUT2D eigenvalue weighted by Crippen LogP contribution is 2.35. The van der Waals surface area contributed by atoms with E-state index in [0.29, 0.717) is 25.0 Å². The van der Waals surface area contributed by atoms with Crippen molar-refractivity contribution >= 4 is 21.7 Å². The van der Waals surface area contributed by atoms with Crippen LogP contribution in [0.5, 0.6) is 0 Å². The highest BCUT2D eigenvalue weighted by Gasteiger charge is 2.51. The summed E-state index contributed by atoms with van der Waals surface area (Å²) < 4.78 is 26.7. The summed E-state index contributed by atoms with van der Waals surface area (Å²) in [6.07, 6.45) is -1.52. The number of aliphatic hydroxyl groups is 1. The number of hydrogen-bond acceptors (Lipinski definition) is 7. The fourth-order valence-corrected chi connectivity index (χ4v) is 3.77. The van der Waals surface area contributed by atoms with Crippen molar-refractivity contribution in [2.45, 2.75) is 69.4 Å². The van der Waals surface area contributed by atoms with Crippen LogP contribution in [-0.4, -0.2) is 88.6 Å². The fourth-order valence-electron chi connectivity index (χ4n) is 3.77. The summed E-state index contributed by atoms with van der Waals surface area (Å²) in [7, 11) is 11.2. The van der Waals surface area contributed by atoms with Crippen LogP contribution in [0.15, 0.2) is 0 Å². The van der Waals surface area contributed by atoms with Crippen molar-refractivity contribution in [2.75, 3.05) is 13.2 Å². The number of carbonyl (C=O) groups is 1. The Morgan fingerprint density at radius 2 is 1.48 bits per heavy atom. The summed E-state index contributed by atoms with van der Waals surface area (Å²) in [6, 6.07) is -1.12. The molecule has 4 saturated heterocycles. The highest BCUT2D eigenvalue weighted by molar-refractivity contribution is 6.12. The number of esters is 1. The molecular formula is C16H24B2O7. The third-order valence-electron chi connectivity index (χ3n) is 5.12. The minimum Gasteiger partial charge on any atom is -0.458 e. The van der Waals surface area contributed by atoms with Gasteiger partial charge in [-0.3, -0.25) is 4.79 Å². The van der Waals surface area contributed by atoms with E-state index in [2.05, 4.69) is 0 Å². The molecule has 4 radical (unpaired) electrons. The van der Waals surface area contributed by atoms with Crippen LogP contribution in [0.3, 0.4) is 0 Å². The minimum absolute atomic E-state index is 0.000000000000000222. The van der Waals surface area contributed by atoms with E-state index in [9.17, 15) is 9.90 Å². The van der Waals surface area contributed by atoms with Gasteiger partial charge in [-0.05, 0) is 0 Å². The van der Waals surface area contributed by atoms with Crippen LogP contribution < -0.4 is 0 Å². The van der Waals surface area contributed by atoms with Crippen molar-refractivity contribution in [3.8, 4) is 0 Å². The molecule has 136 valence electrons. The van der Waals surface area contributed by atoms with Crippen molar-refractivity contribution < 1.29 is 33.6 Å². The van der Waals surface area contributed by atoms with E-state index in [1.54, 1.807) is 0 Å². The average Bonchev–Trinajstić information content (AvgIpc) is 3.24. The molecule has 4 fully saturated rings. The summed E-state index contributed by atoms with van der Waals surface area (Å²) in [5.41, 5.74) is 0. The van der Waals surface area contributed by atoms with Crippen LogP contribution in [-0.2, 0) is 28.5 Å². The monoisotopic (exact) mass is 350 g/mol. The van der Waals surface area contributed by atoms with Gasteiger partial charge in [0, 0.05) is 24.8 Å². The smallest absolute Gasteiger partial charge is 0.303 e. The lowest BCUT2D eigenvalue weighted by Crippen LogP contribution is -2.36. The predicted molar refractivity (Wildman–Crippen MR) is 88.2 cm³/mol. The first-order chi connectivity index (χ1) is 11.8. The molecule has 0 aliphatic carbocycles. The van der Waals surface area contributed by atoms with Gasteiger partial charge < -0.3 is 28.8 Å². The normalized spacial score (nSPS) is 50.7. The molecule has 4 aliphatic rings. The summed E-state index contributed by atoms with van der Waals surface area (Å²) in [5, 5.41) is 9.41. The Balaban J connectivity index is 0.000000150. The second-order valence-electron chi connectivity index (χ2n) is 7.25. The van der Waals surface area contributed by atoms with E-state index in [1.807, 2.05) is 13.8 Å². The maximum atomic E-state index is 10.8. The summed E-state index contributed by atoms with van der Waals surface area (Å²) in [6.45, 7) is 6.74. The molecule has 0 aromatic rings. The summed E-state index contributed by atoms with van der Waals surface area (Å²) >= 11 is 0. The Morgan fingerprint density at radius 1 is 0.960 bits per heavy atom. The molecule has 0 spiro atoms. The lowest BCUT2D eigenvalue weighted by molar-refractivity contribution is -0.152. The zero-order valence-electron chi connectivity index (χ0n) is 14.7. The lowest BCUT2D eigenvalue weighted by atomic mass is 9.92. The van der Waals surface area contributed by atoms with Crippen LogP contribution in [0.4, 0.5) is 0 Å². The number of hydrogen-bond donors (Lipinski definition) is 1. The van der Waals surface area contributed by atoms with Crippen LogP contribution >= 0.6 is 0 Å². The van der Waals surface area contributed by atoms with Crippen molar-refractivity contribution in [1.29, 1.82) is 0 Å². The Hall–Kier alpha value is -0.600. The van der Waals surface area contributed by atoms with Gasteiger partial charge in [-0.15, -0.1) is 0 Å². The molecule has 25 heavy (non-hydrogen) atoms. The second-order valence-corrected chi connectivity index (χ2v) is 7.25. The number of rotatable bonds is 1. The zero-order valence-corrected chi connectivity index (χ0v) is 14.7. The molecule has 0 amide bonds. The standard InChI is InChI=1S/C9H13BO4.C7H11BO3/c1-4-3-12-7-6(4)14-9(10)8(7)13-5(2)11;1-3-2-10-6-4(9)7(8)11-5(3)6/h4,6-9H,3H2,1-2H3;3-7,9H,2H2,1H3/t4-,6?,7+,8-,9-;3-,4-,5?,6-,7-/m11/s1. The Kier molecular flexibility index (Phi) is 5.80. The molecule has 4 heterocycles. The largest absolute Gasteiger partial charge is 0.458 e. The first-order valence-electron chi connectivity index (χ1n) is 8.70. The third-order valence-corrected chi connectivity index (χ3v) is 5.12. The van der Waals surface area contributed by atoms with Gasteiger partial charge in [-0.25, -0.2) is 0 Å². The van der Waals surface area contributed by atoms with Crippen LogP contribution in [0.25, 0.3) is 0 Å². The molecular weight excluding hydrogens is 326 g/mol. The Bertz CT molecular complexity index is 493. The number of ether oxygens (including phenoxy) is 5. The molecule has 2 unspecified atom stereocenters. The summed E-state index contributed by atoms with van der Waals surface area (Å²) in [5.74, 6) is 0.313. The SMILES string of the molecule is [B][C@@H]1OC2[C@H](C)CO[C@@H]2[C@H]1O.[B][C@@H]1OC2[C@H](C)CO[C@@H]2[C@H]1OC(C)=O. The number of carbonyl (C=O) groups excluding carboxylic acids is 1. The molecule has 0 aromatic heterocycles. The van der Waals surface area contributed by atoms with E-state index in [4.69, 9.17) is 39.4 Å². The molecule has 4 rings (SSSR count). The number of aliphatic hydroxyl groups excluding tert-OH is 1. The van der Waals surface area contributed by atoms with Gasteiger partial charge in [0.15, 0.2) is 0 Å². The number of fused-ring (bicyclic) bond motifs is 2. The van der Waals surface area contributed by atoms with Crippen molar-refractivity contribution in [1.82, 2.24) is 0 Å². The van der Waals surface area contributed by atoms with Gasteiger partial charge in [0.1, 0.15) is 40.1 Å². The van der Waals surface area contributed by atoms with Gasteiger partial charge in [-0.1, -0.05) is 13.8 Å².